The number of hydrogen-bond donors (Lipinski definition) is 2. The molecule has 2 aromatic carbocycles. The summed E-state index contributed by atoms with van der Waals surface area (Å²) in [5.41, 5.74) is 7.41. The molecule has 0 radical (unpaired) electrons. The lowest BCUT2D eigenvalue weighted by atomic mass is 10.1. The molecule has 5 nitrogen and oxygen atoms in total. The predicted octanol–water partition coefficient (Wildman–Crippen LogP) is 2.43. The van der Waals surface area contributed by atoms with Crippen molar-refractivity contribution in [3.05, 3.63) is 58.6 Å². The van der Waals surface area contributed by atoms with Gasteiger partial charge >= 0.3 is 0 Å². The summed E-state index contributed by atoms with van der Waals surface area (Å²) < 4.78 is 11.0. The molecule has 1 amide bonds. The molecule has 0 saturated carbocycles. The molecule has 0 aliphatic rings. The van der Waals surface area contributed by atoms with Crippen LogP contribution in [0.5, 0.6) is 11.5 Å². The molecule has 2 aromatic rings. The molecule has 0 heterocycles. The number of halogens is 1. The van der Waals surface area contributed by atoms with Crippen molar-refractivity contribution < 1.29 is 19.6 Å². The number of carbonyl (C=O) groups is 1. The second-order valence-electron chi connectivity index (χ2n) is 5.73. The van der Waals surface area contributed by atoms with Crippen LogP contribution >= 0.6 is 11.6 Å². The first-order valence-corrected chi connectivity index (χ1v) is 8.63. The molecule has 0 spiro atoms. The van der Waals surface area contributed by atoms with Gasteiger partial charge in [-0.05, 0) is 26.0 Å². The molecular formula is C19H24ClN2O3+. The first-order chi connectivity index (χ1) is 12.0. The van der Waals surface area contributed by atoms with Gasteiger partial charge in [0.1, 0.15) is 12.6 Å². The third-order valence-corrected chi connectivity index (χ3v) is 4.04. The van der Waals surface area contributed by atoms with E-state index in [0.29, 0.717) is 29.2 Å². The molecular weight excluding hydrogens is 340 g/mol. The highest BCUT2D eigenvalue weighted by molar-refractivity contribution is 6.32. The average Bonchev–Trinajstić information content (AvgIpc) is 2.59. The molecule has 134 valence electrons. The molecule has 0 fully saturated rings. The van der Waals surface area contributed by atoms with Crippen molar-refractivity contribution in [1.29, 1.82) is 0 Å². The van der Waals surface area contributed by atoms with Crippen molar-refractivity contribution in [2.24, 2.45) is 5.73 Å². The maximum atomic E-state index is 10.9. The molecule has 6 heteroatoms. The number of nitrogens with two attached hydrogens (primary N) is 2. The van der Waals surface area contributed by atoms with E-state index < -0.39 is 5.91 Å². The Balaban J connectivity index is 2.11. The fourth-order valence-electron chi connectivity index (χ4n) is 2.49. The summed E-state index contributed by atoms with van der Waals surface area (Å²) in [6.07, 6.45) is 0. The summed E-state index contributed by atoms with van der Waals surface area (Å²) in [6, 6.07) is 14.3. The Morgan fingerprint density at radius 2 is 1.96 bits per heavy atom. The Bertz CT molecular complexity index is 707. The van der Waals surface area contributed by atoms with Gasteiger partial charge in [0.25, 0.3) is 5.91 Å². The van der Waals surface area contributed by atoms with E-state index in [9.17, 15) is 4.79 Å². The summed E-state index contributed by atoms with van der Waals surface area (Å²) >= 11 is 6.32. The summed E-state index contributed by atoms with van der Waals surface area (Å²) in [5, 5.41) is 2.63. The normalized spacial score (nSPS) is 11.8. The van der Waals surface area contributed by atoms with E-state index in [2.05, 4.69) is 24.4 Å². The van der Waals surface area contributed by atoms with Gasteiger partial charge in [-0.25, -0.2) is 0 Å². The largest absolute Gasteiger partial charge is 0.490 e. The molecule has 2 rings (SSSR count). The Morgan fingerprint density at radius 1 is 1.24 bits per heavy atom. The van der Waals surface area contributed by atoms with Crippen molar-refractivity contribution in [3.8, 4) is 11.5 Å². The van der Waals surface area contributed by atoms with E-state index in [-0.39, 0.29) is 6.61 Å². The predicted molar refractivity (Wildman–Crippen MR) is 97.8 cm³/mol. The number of quaternary nitrogens is 1. The number of primary amides is 1. The third-order valence-electron chi connectivity index (χ3n) is 3.76. The first kappa shape index (κ1) is 19.1. The Morgan fingerprint density at radius 3 is 2.60 bits per heavy atom. The third kappa shape index (κ3) is 5.66. The Labute approximate surface area is 153 Å². The number of ether oxygens (including phenoxy) is 2. The number of amides is 1. The van der Waals surface area contributed by atoms with Crippen LogP contribution < -0.4 is 20.5 Å². The number of rotatable bonds is 9. The molecule has 0 aliphatic heterocycles. The van der Waals surface area contributed by atoms with Gasteiger partial charge in [-0.1, -0.05) is 41.9 Å². The lowest BCUT2D eigenvalue weighted by molar-refractivity contribution is -0.707. The van der Waals surface area contributed by atoms with Gasteiger partial charge < -0.3 is 20.5 Å². The maximum absolute atomic E-state index is 10.9. The quantitative estimate of drug-likeness (QED) is 0.718. The van der Waals surface area contributed by atoms with E-state index in [1.54, 1.807) is 0 Å². The molecule has 25 heavy (non-hydrogen) atoms. The van der Waals surface area contributed by atoms with E-state index in [1.807, 2.05) is 37.3 Å². The zero-order valence-electron chi connectivity index (χ0n) is 14.5. The summed E-state index contributed by atoms with van der Waals surface area (Å²) in [4.78, 5) is 10.9. The van der Waals surface area contributed by atoms with E-state index in [4.69, 9.17) is 26.8 Å². The second kappa shape index (κ2) is 9.30. The fraction of sp³-hybridized carbons (Fsp3) is 0.316. The summed E-state index contributed by atoms with van der Waals surface area (Å²) in [5.74, 6) is 0.307. The fourth-order valence-corrected chi connectivity index (χ4v) is 2.78. The van der Waals surface area contributed by atoms with Crippen LogP contribution in [-0.4, -0.2) is 19.1 Å². The van der Waals surface area contributed by atoms with E-state index in [1.165, 1.54) is 5.56 Å². The van der Waals surface area contributed by atoms with Crippen molar-refractivity contribution >= 4 is 17.5 Å². The second-order valence-corrected chi connectivity index (χ2v) is 6.14. The van der Waals surface area contributed by atoms with Gasteiger partial charge in [-0.15, -0.1) is 0 Å². The highest BCUT2D eigenvalue weighted by Gasteiger charge is 2.15. The minimum absolute atomic E-state index is 0.240. The van der Waals surface area contributed by atoms with Crippen LogP contribution in [0.4, 0.5) is 0 Å². The van der Waals surface area contributed by atoms with Crippen LogP contribution in [0, 0.1) is 0 Å². The Kier molecular flexibility index (Phi) is 7.10. The first-order valence-electron chi connectivity index (χ1n) is 8.25. The standard InChI is InChI=1S/C19H23ClN2O3/c1-3-24-17-10-14(9-16(20)19(17)25-12-18(21)23)11-22-13(2)15-7-5-4-6-8-15/h4-10,13,22H,3,11-12H2,1-2H3,(H2,21,23)/p+1/t13-/m0/s1. The average molecular weight is 364 g/mol. The van der Waals surface area contributed by atoms with Gasteiger partial charge in [0, 0.05) is 11.1 Å². The van der Waals surface area contributed by atoms with Crippen molar-refractivity contribution in [1.82, 2.24) is 0 Å². The van der Waals surface area contributed by atoms with Gasteiger partial charge in [0.05, 0.1) is 11.6 Å². The molecule has 0 unspecified atom stereocenters. The monoisotopic (exact) mass is 363 g/mol. The van der Waals surface area contributed by atoms with Crippen molar-refractivity contribution in [3.63, 3.8) is 0 Å². The number of benzene rings is 2. The minimum atomic E-state index is -0.562. The van der Waals surface area contributed by atoms with Gasteiger partial charge in [-0.2, -0.15) is 0 Å². The van der Waals surface area contributed by atoms with Crippen LogP contribution in [0.15, 0.2) is 42.5 Å². The molecule has 0 aliphatic carbocycles. The van der Waals surface area contributed by atoms with Gasteiger partial charge in [-0.3, -0.25) is 4.79 Å². The number of carbonyl (C=O) groups excluding carboxylic acids is 1. The molecule has 1 atom stereocenters. The van der Waals surface area contributed by atoms with Crippen LogP contribution in [0.3, 0.4) is 0 Å². The van der Waals surface area contributed by atoms with Crippen LogP contribution in [0.25, 0.3) is 0 Å². The van der Waals surface area contributed by atoms with Crippen LogP contribution in [0.2, 0.25) is 5.02 Å². The highest BCUT2D eigenvalue weighted by atomic mass is 35.5. The van der Waals surface area contributed by atoms with Crippen LogP contribution in [0.1, 0.15) is 31.0 Å². The van der Waals surface area contributed by atoms with E-state index >= 15 is 0 Å². The molecule has 0 aromatic heterocycles. The molecule has 0 bridgehead atoms. The van der Waals surface area contributed by atoms with E-state index in [0.717, 1.165) is 12.1 Å². The Hall–Kier alpha value is -2.24. The highest BCUT2D eigenvalue weighted by Crippen LogP contribution is 2.36. The molecule has 0 saturated heterocycles. The number of hydrogen-bond acceptors (Lipinski definition) is 3. The summed E-state index contributed by atoms with van der Waals surface area (Å²) in [7, 11) is 0. The van der Waals surface area contributed by atoms with Crippen molar-refractivity contribution in [2.45, 2.75) is 26.4 Å². The molecule has 4 N–H and O–H groups in total. The summed E-state index contributed by atoms with van der Waals surface area (Å²) in [6.45, 7) is 5.01. The van der Waals surface area contributed by atoms with Crippen LogP contribution in [-0.2, 0) is 11.3 Å². The lowest BCUT2D eigenvalue weighted by Crippen LogP contribution is -2.83. The zero-order valence-corrected chi connectivity index (χ0v) is 15.3. The van der Waals surface area contributed by atoms with Gasteiger partial charge in [0.15, 0.2) is 18.1 Å². The minimum Gasteiger partial charge on any atom is -0.490 e. The maximum Gasteiger partial charge on any atom is 0.255 e. The zero-order chi connectivity index (χ0) is 18.2. The van der Waals surface area contributed by atoms with Gasteiger partial charge in [0.2, 0.25) is 0 Å². The SMILES string of the molecule is CCOc1cc(C[NH2+][C@@H](C)c2ccccc2)cc(Cl)c1OCC(N)=O. The smallest absolute Gasteiger partial charge is 0.255 e. The van der Waals surface area contributed by atoms with Crippen molar-refractivity contribution in [2.75, 3.05) is 13.2 Å². The lowest BCUT2D eigenvalue weighted by Gasteiger charge is -2.15. The topological polar surface area (TPSA) is 78.2 Å².